The average molecular weight is 269 g/mol. The van der Waals surface area contributed by atoms with E-state index in [-0.39, 0.29) is 5.56 Å². The summed E-state index contributed by atoms with van der Waals surface area (Å²) in [6, 6.07) is 1.67. The lowest BCUT2D eigenvalue weighted by molar-refractivity contribution is 0.431. The molecule has 5 heteroatoms. The Morgan fingerprint density at radius 2 is 2.06 bits per heavy atom. The van der Waals surface area contributed by atoms with E-state index in [1.807, 2.05) is 0 Å². The first-order valence-electron chi connectivity index (χ1n) is 6.59. The molecule has 4 nitrogen and oxygen atoms in total. The van der Waals surface area contributed by atoms with E-state index in [0.29, 0.717) is 12.5 Å². The highest BCUT2D eigenvalue weighted by atomic mass is 32.1. The Morgan fingerprint density at radius 1 is 1.39 bits per heavy atom. The molecule has 0 spiro atoms. The molecule has 0 radical (unpaired) electrons. The summed E-state index contributed by atoms with van der Waals surface area (Å²) in [5.74, 6) is 1.18. The molecule has 0 aliphatic rings. The van der Waals surface area contributed by atoms with E-state index < -0.39 is 0 Å². The summed E-state index contributed by atoms with van der Waals surface area (Å²) in [6.45, 7) is 8.67. The second-order valence-corrected chi connectivity index (χ2v) is 4.73. The zero-order valence-electron chi connectivity index (χ0n) is 11.5. The van der Waals surface area contributed by atoms with Gasteiger partial charge in [0, 0.05) is 25.7 Å². The molecule has 0 amide bonds. The molecule has 0 aromatic carbocycles. The van der Waals surface area contributed by atoms with E-state index >= 15 is 0 Å². The van der Waals surface area contributed by atoms with Crippen LogP contribution in [0.3, 0.4) is 0 Å². The maximum Gasteiger partial charge on any atom is 0.268 e. The third-order valence-electron chi connectivity index (χ3n) is 3.25. The molecule has 0 fully saturated rings. The van der Waals surface area contributed by atoms with Crippen LogP contribution in [0.2, 0.25) is 0 Å². The molecular formula is C13H23N3OS. The maximum atomic E-state index is 12.0. The standard InChI is InChI=1S/C13H23N3OS/c1-4-11(10-18)9-16-13(17)7-12(8-14-16)15(5-2)6-3/h7-8,11,18H,4-6,9-10H2,1-3H3. The Morgan fingerprint density at radius 3 is 2.50 bits per heavy atom. The van der Waals surface area contributed by atoms with Gasteiger partial charge in [-0.3, -0.25) is 4.79 Å². The number of anilines is 1. The van der Waals surface area contributed by atoms with Crippen LogP contribution in [0.1, 0.15) is 27.2 Å². The molecular weight excluding hydrogens is 246 g/mol. The second-order valence-electron chi connectivity index (χ2n) is 4.36. The molecule has 1 aromatic rings. The minimum Gasteiger partial charge on any atom is -0.371 e. The van der Waals surface area contributed by atoms with Crippen LogP contribution in [-0.2, 0) is 6.54 Å². The number of thiol groups is 1. The molecule has 0 saturated heterocycles. The highest BCUT2D eigenvalue weighted by molar-refractivity contribution is 7.80. The van der Waals surface area contributed by atoms with Crippen LogP contribution in [0.5, 0.6) is 0 Å². The predicted octanol–water partition coefficient (Wildman–Crippen LogP) is 2.05. The van der Waals surface area contributed by atoms with E-state index in [0.717, 1.165) is 31.0 Å². The fourth-order valence-electron chi connectivity index (χ4n) is 1.88. The Kier molecular flexibility index (Phi) is 6.25. The number of rotatable bonds is 7. The lowest BCUT2D eigenvalue weighted by Crippen LogP contribution is -2.29. The largest absolute Gasteiger partial charge is 0.371 e. The molecule has 102 valence electrons. The molecule has 0 N–H and O–H groups in total. The van der Waals surface area contributed by atoms with Crippen LogP contribution >= 0.6 is 12.6 Å². The Balaban J connectivity index is 2.89. The number of nitrogens with zero attached hydrogens (tertiary/aromatic N) is 3. The van der Waals surface area contributed by atoms with E-state index in [1.54, 1.807) is 12.3 Å². The molecule has 1 heterocycles. The van der Waals surface area contributed by atoms with E-state index in [9.17, 15) is 4.79 Å². The Hall–Kier alpha value is -0.970. The summed E-state index contributed by atoms with van der Waals surface area (Å²) >= 11 is 4.29. The summed E-state index contributed by atoms with van der Waals surface area (Å²) in [7, 11) is 0. The van der Waals surface area contributed by atoms with E-state index in [4.69, 9.17) is 0 Å². The zero-order valence-corrected chi connectivity index (χ0v) is 12.4. The van der Waals surface area contributed by atoms with Gasteiger partial charge in [-0.25, -0.2) is 4.68 Å². The smallest absolute Gasteiger partial charge is 0.268 e. The van der Waals surface area contributed by atoms with Gasteiger partial charge in [-0.2, -0.15) is 17.7 Å². The first-order chi connectivity index (χ1) is 8.65. The highest BCUT2D eigenvalue weighted by Crippen LogP contribution is 2.10. The normalized spacial score (nSPS) is 12.4. The molecule has 0 saturated carbocycles. The topological polar surface area (TPSA) is 38.1 Å². The van der Waals surface area contributed by atoms with Gasteiger partial charge in [-0.1, -0.05) is 13.3 Å². The minimum atomic E-state index is -0.0281. The van der Waals surface area contributed by atoms with Gasteiger partial charge in [0.05, 0.1) is 11.9 Å². The van der Waals surface area contributed by atoms with Crippen LogP contribution in [0, 0.1) is 5.92 Å². The quantitative estimate of drug-likeness (QED) is 0.770. The molecule has 1 unspecified atom stereocenters. The van der Waals surface area contributed by atoms with Crippen molar-refractivity contribution in [2.75, 3.05) is 23.7 Å². The van der Waals surface area contributed by atoms with Crippen LogP contribution in [0.15, 0.2) is 17.1 Å². The Bertz CT molecular complexity index is 411. The van der Waals surface area contributed by atoms with Gasteiger partial charge in [0.25, 0.3) is 5.56 Å². The molecule has 1 aromatic heterocycles. The summed E-state index contributed by atoms with van der Waals surface area (Å²) in [6.07, 6.45) is 2.79. The molecule has 0 aliphatic carbocycles. The number of hydrogen-bond donors (Lipinski definition) is 1. The zero-order chi connectivity index (χ0) is 13.5. The molecule has 0 aliphatic heterocycles. The average Bonchev–Trinajstić information content (AvgIpc) is 2.39. The van der Waals surface area contributed by atoms with Crippen molar-refractivity contribution in [1.29, 1.82) is 0 Å². The van der Waals surface area contributed by atoms with Crippen molar-refractivity contribution in [3.8, 4) is 0 Å². The van der Waals surface area contributed by atoms with Crippen LogP contribution < -0.4 is 10.5 Å². The van der Waals surface area contributed by atoms with Gasteiger partial charge in [-0.15, -0.1) is 0 Å². The fraction of sp³-hybridized carbons (Fsp3) is 0.692. The maximum absolute atomic E-state index is 12.0. The Labute approximate surface area is 114 Å². The number of hydrogen-bond acceptors (Lipinski definition) is 4. The van der Waals surface area contributed by atoms with Crippen molar-refractivity contribution < 1.29 is 0 Å². The van der Waals surface area contributed by atoms with Crippen LogP contribution in [-0.4, -0.2) is 28.6 Å². The predicted molar refractivity (Wildman–Crippen MR) is 79.7 cm³/mol. The number of aromatic nitrogens is 2. The first kappa shape index (κ1) is 15.1. The monoisotopic (exact) mass is 269 g/mol. The first-order valence-corrected chi connectivity index (χ1v) is 7.22. The van der Waals surface area contributed by atoms with Gasteiger partial charge in [0.2, 0.25) is 0 Å². The molecule has 18 heavy (non-hydrogen) atoms. The fourth-order valence-corrected chi connectivity index (χ4v) is 2.26. The molecule has 1 rings (SSSR count). The van der Waals surface area contributed by atoms with E-state index in [2.05, 4.69) is 43.4 Å². The molecule has 0 bridgehead atoms. The van der Waals surface area contributed by atoms with Gasteiger partial charge in [0.15, 0.2) is 0 Å². The third kappa shape index (κ3) is 3.77. The van der Waals surface area contributed by atoms with Crippen molar-refractivity contribution in [3.63, 3.8) is 0 Å². The highest BCUT2D eigenvalue weighted by Gasteiger charge is 2.09. The van der Waals surface area contributed by atoms with Gasteiger partial charge in [0.1, 0.15) is 0 Å². The lowest BCUT2D eigenvalue weighted by atomic mass is 10.1. The lowest BCUT2D eigenvalue weighted by Gasteiger charge is -2.21. The van der Waals surface area contributed by atoms with Crippen molar-refractivity contribution in [1.82, 2.24) is 9.78 Å². The third-order valence-corrected chi connectivity index (χ3v) is 3.77. The summed E-state index contributed by atoms with van der Waals surface area (Å²) in [4.78, 5) is 14.1. The van der Waals surface area contributed by atoms with Gasteiger partial charge >= 0.3 is 0 Å². The summed E-state index contributed by atoms with van der Waals surface area (Å²) in [5, 5.41) is 4.26. The summed E-state index contributed by atoms with van der Waals surface area (Å²) < 4.78 is 1.54. The molecule has 1 atom stereocenters. The second kappa shape index (κ2) is 7.46. The van der Waals surface area contributed by atoms with Gasteiger partial charge in [-0.05, 0) is 25.5 Å². The SMILES string of the molecule is CCC(CS)Cn1ncc(N(CC)CC)cc1=O. The van der Waals surface area contributed by atoms with Crippen molar-refractivity contribution in [2.24, 2.45) is 5.92 Å². The van der Waals surface area contributed by atoms with Crippen molar-refractivity contribution >= 4 is 18.3 Å². The van der Waals surface area contributed by atoms with E-state index in [1.165, 1.54) is 4.68 Å². The van der Waals surface area contributed by atoms with Crippen molar-refractivity contribution in [3.05, 3.63) is 22.6 Å². The van der Waals surface area contributed by atoms with Crippen LogP contribution in [0.25, 0.3) is 0 Å². The minimum absolute atomic E-state index is 0.0281. The van der Waals surface area contributed by atoms with Gasteiger partial charge < -0.3 is 4.90 Å². The van der Waals surface area contributed by atoms with Crippen LogP contribution in [0.4, 0.5) is 5.69 Å². The van der Waals surface area contributed by atoms with Crippen molar-refractivity contribution in [2.45, 2.75) is 33.7 Å². The summed E-state index contributed by atoms with van der Waals surface area (Å²) in [5.41, 5.74) is 0.875.